The zero-order chi connectivity index (χ0) is 14.4. The van der Waals surface area contributed by atoms with Crippen LogP contribution in [0.4, 0.5) is 0 Å². The van der Waals surface area contributed by atoms with Crippen molar-refractivity contribution in [1.29, 1.82) is 0 Å². The van der Waals surface area contributed by atoms with Crippen molar-refractivity contribution in [2.45, 2.75) is 31.7 Å². The van der Waals surface area contributed by atoms with Gasteiger partial charge in [0.05, 0.1) is 14.2 Å². The van der Waals surface area contributed by atoms with E-state index >= 15 is 0 Å². The molecule has 0 bridgehead atoms. The second kappa shape index (κ2) is 7.29. The van der Waals surface area contributed by atoms with E-state index in [4.69, 9.17) is 4.74 Å². The average Bonchev–Trinajstić information content (AvgIpc) is 3.32. The zero-order valence-corrected chi connectivity index (χ0v) is 12.2. The quantitative estimate of drug-likeness (QED) is 0.586. The van der Waals surface area contributed by atoms with Gasteiger partial charge in [-0.05, 0) is 49.4 Å². The number of carbonyl (C=O) groups excluding carboxylic acids is 1. The van der Waals surface area contributed by atoms with E-state index in [-0.39, 0.29) is 5.97 Å². The number of esters is 1. The Morgan fingerprint density at radius 2 is 2.00 bits per heavy atom. The Morgan fingerprint density at radius 1 is 1.30 bits per heavy atom. The summed E-state index contributed by atoms with van der Waals surface area (Å²) in [7, 11) is 3.11. The molecule has 0 heterocycles. The minimum Gasteiger partial charge on any atom is -0.497 e. The van der Waals surface area contributed by atoms with Crippen LogP contribution in [-0.4, -0.2) is 26.7 Å². The van der Waals surface area contributed by atoms with Gasteiger partial charge in [-0.25, -0.2) is 0 Å². The van der Waals surface area contributed by atoms with Gasteiger partial charge in [0.15, 0.2) is 0 Å². The second-order valence-corrected chi connectivity index (χ2v) is 5.22. The van der Waals surface area contributed by atoms with Crippen LogP contribution >= 0.6 is 0 Å². The molecule has 0 aromatic heterocycles. The van der Waals surface area contributed by atoms with Crippen LogP contribution in [0.15, 0.2) is 24.3 Å². The Labute approximate surface area is 120 Å². The highest BCUT2D eigenvalue weighted by Crippen LogP contribution is 2.41. The van der Waals surface area contributed by atoms with E-state index < -0.39 is 0 Å². The number of hydrogen-bond acceptors (Lipinski definition) is 4. The fraction of sp³-hybridized carbons (Fsp3) is 0.562. The molecule has 1 aliphatic carbocycles. The Hall–Kier alpha value is -1.55. The summed E-state index contributed by atoms with van der Waals surface area (Å²) in [4.78, 5) is 11.1. The normalized spacial score (nSPS) is 15.7. The minimum absolute atomic E-state index is 0.140. The molecule has 110 valence electrons. The summed E-state index contributed by atoms with van der Waals surface area (Å²) < 4.78 is 9.84. The molecule has 4 nitrogen and oxygen atoms in total. The van der Waals surface area contributed by atoms with Gasteiger partial charge in [-0.1, -0.05) is 12.1 Å². The van der Waals surface area contributed by atoms with Crippen molar-refractivity contribution >= 4 is 5.97 Å². The molecule has 0 amide bonds. The molecule has 1 saturated carbocycles. The van der Waals surface area contributed by atoms with E-state index in [1.54, 1.807) is 7.11 Å². The maximum Gasteiger partial charge on any atom is 0.305 e. The first kappa shape index (κ1) is 14.9. The van der Waals surface area contributed by atoms with Crippen molar-refractivity contribution in [3.05, 3.63) is 29.8 Å². The molecule has 1 unspecified atom stereocenters. The molecule has 2 rings (SSSR count). The van der Waals surface area contributed by atoms with E-state index in [9.17, 15) is 4.79 Å². The van der Waals surface area contributed by atoms with Gasteiger partial charge < -0.3 is 14.8 Å². The van der Waals surface area contributed by atoms with Crippen molar-refractivity contribution in [3.63, 3.8) is 0 Å². The van der Waals surface area contributed by atoms with E-state index in [0.717, 1.165) is 24.6 Å². The molecule has 1 fully saturated rings. The summed E-state index contributed by atoms with van der Waals surface area (Å²) in [5.41, 5.74) is 1.30. The van der Waals surface area contributed by atoms with Gasteiger partial charge in [-0.15, -0.1) is 0 Å². The molecule has 0 saturated heterocycles. The molecule has 1 aromatic carbocycles. The smallest absolute Gasteiger partial charge is 0.305 e. The van der Waals surface area contributed by atoms with E-state index in [2.05, 4.69) is 22.2 Å². The first-order valence-corrected chi connectivity index (χ1v) is 7.18. The topological polar surface area (TPSA) is 47.6 Å². The largest absolute Gasteiger partial charge is 0.497 e. The molecule has 20 heavy (non-hydrogen) atoms. The molecule has 0 aliphatic heterocycles. The first-order valence-electron chi connectivity index (χ1n) is 7.18. The third kappa shape index (κ3) is 4.23. The molecule has 1 atom stereocenters. The number of rotatable bonds is 8. The monoisotopic (exact) mass is 277 g/mol. The first-order chi connectivity index (χ1) is 9.74. The minimum atomic E-state index is -0.140. The molecule has 1 aliphatic rings. The molecule has 0 spiro atoms. The van der Waals surface area contributed by atoms with Crippen molar-refractivity contribution < 1.29 is 14.3 Å². The summed E-state index contributed by atoms with van der Waals surface area (Å²) in [6, 6.07) is 8.63. The van der Waals surface area contributed by atoms with Gasteiger partial charge in [0, 0.05) is 12.5 Å². The lowest BCUT2D eigenvalue weighted by Crippen LogP contribution is -2.24. The summed E-state index contributed by atoms with van der Waals surface area (Å²) >= 11 is 0. The fourth-order valence-corrected chi connectivity index (χ4v) is 2.39. The van der Waals surface area contributed by atoms with Gasteiger partial charge in [0.25, 0.3) is 0 Å². The van der Waals surface area contributed by atoms with Crippen LogP contribution in [-0.2, 0) is 9.53 Å². The van der Waals surface area contributed by atoms with Crippen LogP contribution in [0.5, 0.6) is 5.75 Å². The predicted molar refractivity (Wildman–Crippen MR) is 77.7 cm³/mol. The van der Waals surface area contributed by atoms with Crippen LogP contribution in [0.2, 0.25) is 0 Å². The summed E-state index contributed by atoms with van der Waals surface area (Å²) in [6.45, 7) is 0.836. The zero-order valence-electron chi connectivity index (χ0n) is 12.2. The summed E-state index contributed by atoms with van der Waals surface area (Å²) in [6.07, 6.45) is 3.84. The molecular weight excluding hydrogens is 254 g/mol. The number of nitrogens with one attached hydrogen (secondary N) is 1. The second-order valence-electron chi connectivity index (χ2n) is 5.22. The third-order valence-corrected chi connectivity index (χ3v) is 3.72. The van der Waals surface area contributed by atoms with E-state index in [0.29, 0.717) is 12.5 Å². The van der Waals surface area contributed by atoms with Crippen LogP contribution < -0.4 is 10.1 Å². The highest BCUT2D eigenvalue weighted by atomic mass is 16.5. The predicted octanol–water partition coefficient (Wildman–Crippen LogP) is 2.69. The lowest BCUT2D eigenvalue weighted by atomic mass is 10.0. The van der Waals surface area contributed by atoms with E-state index in [1.807, 2.05) is 12.1 Å². The molecule has 4 heteroatoms. The number of ether oxygens (including phenoxy) is 2. The maximum absolute atomic E-state index is 11.1. The summed E-state index contributed by atoms with van der Waals surface area (Å²) in [5, 5.41) is 3.57. The van der Waals surface area contributed by atoms with Crippen LogP contribution in [0.1, 0.15) is 37.3 Å². The fourth-order valence-electron chi connectivity index (χ4n) is 2.39. The number of benzene rings is 1. The number of methoxy groups -OCH3 is 2. The molecule has 1 N–H and O–H groups in total. The third-order valence-electron chi connectivity index (χ3n) is 3.72. The lowest BCUT2D eigenvalue weighted by molar-refractivity contribution is -0.140. The standard InChI is InChI=1S/C16H23NO3/c1-19-14-9-7-13(8-10-14)16(12-5-6-12)17-11-3-4-15(18)20-2/h7-10,12,16-17H,3-6,11H2,1-2H3. The molecular formula is C16H23NO3. The van der Waals surface area contributed by atoms with Crippen molar-refractivity contribution in [3.8, 4) is 5.75 Å². The van der Waals surface area contributed by atoms with Crippen LogP contribution in [0, 0.1) is 5.92 Å². The Bertz CT molecular complexity index is 426. The van der Waals surface area contributed by atoms with Crippen molar-refractivity contribution in [2.75, 3.05) is 20.8 Å². The van der Waals surface area contributed by atoms with Gasteiger partial charge in [-0.2, -0.15) is 0 Å². The molecule has 1 aromatic rings. The lowest BCUT2D eigenvalue weighted by Gasteiger charge is -2.19. The number of carbonyl (C=O) groups is 1. The maximum atomic E-state index is 11.1. The van der Waals surface area contributed by atoms with Gasteiger partial charge in [0.1, 0.15) is 5.75 Å². The SMILES string of the molecule is COC(=O)CCCNC(c1ccc(OC)cc1)C1CC1. The van der Waals surface area contributed by atoms with Crippen molar-refractivity contribution in [1.82, 2.24) is 5.32 Å². The summed E-state index contributed by atoms with van der Waals surface area (Å²) in [5.74, 6) is 1.47. The highest BCUT2D eigenvalue weighted by molar-refractivity contribution is 5.69. The highest BCUT2D eigenvalue weighted by Gasteiger charge is 2.31. The Morgan fingerprint density at radius 3 is 2.55 bits per heavy atom. The molecule has 0 radical (unpaired) electrons. The van der Waals surface area contributed by atoms with Gasteiger partial charge >= 0.3 is 5.97 Å². The Balaban J connectivity index is 1.85. The van der Waals surface area contributed by atoms with Crippen molar-refractivity contribution in [2.24, 2.45) is 5.92 Å². The Kier molecular flexibility index (Phi) is 5.41. The van der Waals surface area contributed by atoms with E-state index in [1.165, 1.54) is 25.5 Å². The number of hydrogen-bond donors (Lipinski definition) is 1. The van der Waals surface area contributed by atoms with Crippen LogP contribution in [0.3, 0.4) is 0 Å². The van der Waals surface area contributed by atoms with Gasteiger partial charge in [-0.3, -0.25) is 4.79 Å². The van der Waals surface area contributed by atoms with Gasteiger partial charge in [0.2, 0.25) is 0 Å². The van der Waals surface area contributed by atoms with Crippen LogP contribution in [0.25, 0.3) is 0 Å². The average molecular weight is 277 g/mol.